The van der Waals surface area contributed by atoms with Gasteiger partial charge in [0.25, 0.3) is 0 Å². The number of halogens is 2. The van der Waals surface area contributed by atoms with Crippen LogP contribution in [0.1, 0.15) is 30.9 Å². The van der Waals surface area contributed by atoms with Crippen molar-refractivity contribution in [3.63, 3.8) is 0 Å². The van der Waals surface area contributed by atoms with Crippen LogP contribution < -0.4 is 5.32 Å². The maximum absolute atomic E-state index is 12.8. The first-order valence-corrected chi connectivity index (χ1v) is 9.73. The fourth-order valence-corrected chi connectivity index (χ4v) is 4.20. The molecule has 2 aliphatic rings. The second kappa shape index (κ2) is 6.72. The molecule has 140 valence electrons. The van der Waals surface area contributed by atoms with E-state index in [1.807, 2.05) is 24.3 Å². The number of nitrogens with one attached hydrogen (secondary N) is 1. The zero-order chi connectivity index (χ0) is 19.3. The minimum atomic E-state index is -0.469. The van der Waals surface area contributed by atoms with Gasteiger partial charge in [0, 0.05) is 41.2 Å². The minimum Gasteiger partial charge on any atom is -0.328 e. The van der Waals surface area contributed by atoms with Gasteiger partial charge in [-0.15, -0.1) is 5.10 Å². The monoisotopic (exact) mass is 411 g/mol. The number of carbonyl (C=O) groups excluding carboxylic acids is 1. The van der Waals surface area contributed by atoms with Crippen LogP contribution in [0.3, 0.4) is 0 Å². The molecule has 1 atom stereocenters. The molecule has 0 saturated carbocycles. The third-order valence-electron chi connectivity index (χ3n) is 5.06. The lowest BCUT2D eigenvalue weighted by Gasteiger charge is -2.32. The number of carbonyl (C=O) groups is 1. The molecular formula is C20H15Cl2N5O. The normalized spacial score (nSPS) is 18.5. The van der Waals surface area contributed by atoms with E-state index >= 15 is 0 Å². The summed E-state index contributed by atoms with van der Waals surface area (Å²) in [6.45, 7) is 0. The summed E-state index contributed by atoms with van der Waals surface area (Å²) in [6.07, 6.45) is 5.51. The zero-order valence-electron chi connectivity index (χ0n) is 14.7. The van der Waals surface area contributed by atoms with Crippen LogP contribution in [0.5, 0.6) is 0 Å². The number of aromatic nitrogens is 4. The third kappa shape index (κ3) is 2.72. The van der Waals surface area contributed by atoms with Crippen molar-refractivity contribution >= 4 is 34.9 Å². The number of ketones is 1. The summed E-state index contributed by atoms with van der Waals surface area (Å²) in [6, 6.07) is 8.71. The van der Waals surface area contributed by atoms with Crippen LogP contribution in [0.25, 0.3) is 11.4 Å². The van der Waals surface area contributed by atoms with Gasteiger partial charge in [0.15, 0.2) is 11.6 Å². The Bertz CT molecular complexity index is 1120. The van der Waals surface area contributed by atoms with Gasteiger partial charge in [0.2, 0.25) is 5.95 Å². The molecule has 2 aromatic heterocycles. The number of Topliss-reactive ketones (excluding diaryl/α,β-unsaturated/α-hetero) is 1. The van der Waals surface area contributed by atoms with Gasteiger partial charge in [-0.3, -0.25) is 9.78 Å². The molecule has 5 rings (SSSR count). The van der Waals surface area contributed by atoms with Crippen LogP contribution in [-0.2, 0) is 4.79 Å². The molecule has 1 aromatic carbocycles. The molecule has 3 heterocycles. The average molecular weight is 412 g/mol. The summed E-state index contributed by atoms with van der Waals surface area (Å²) in [7, 11) is 0. The van der Waals surface area contributed by atoms with Gasteiger partial charge in [0.1, 0.15) is 6.04 Å². The number of nitrogens with zero attached hydrogens (tertiary/aromatic N) is 4. The fourth-order valence-electron chi connectivity index (χ4n) is 3.79. The van der Waals surface area contributed by atoms with Crippen LogP contribution in [0.2, 0.25) is 10.0 Å². The minimum absolute atomic E-state index is 0.0962. The first-order chi connectivity index (χ1) is 13.6. The molecule has 1 unspecified atom stereocenters. The van der Waals surface area contributed by atoms with Gasteiger partial charge >= 0.3 is 0 Å². The van der Waals surface area contributed by atoms with Crippen LogP contribution in [0, 0.1) is 0 Å². The van der Waals surface area contributed by atoms with Crippen molar-refractivity contribution < 1.29 is 4.79 Å². The smallest absolute Gasteiger partial charge is 0.226 e. The third-order valence-corrected chi connectivity index (χ3v) is 5.90. The van der Waals surface area contributed by atoms with Gasteiger partial charge < -0.3 is 5.32 Å². The molecule has 3 aromatic rings. The van der Waals surface area contributed by atoms with Crippen molar-refractivity contribution in [2.24, 2.45) is 0 Å². The van der Waals surface area contributed by atoms with Gasteiger partial charge in [-0.2, -0.15) is 4.98 Å². The number of allylic oxidation sites excluding steroid dienone is 2. The first kappa shape index (κ1) is 17.4. The second-order valence-corrected chi connectivity index (χ2v) is 7.57. The highest BCUT2D eigenvalue weighted by Gasteiger charge is 2.38. The number of pyridine rings is 1. The molecule has 1 aliphatic carbocycles. The van der Waals surface area contributed by atoms with Crippen molar-refractivity contribution in [2.45, 2.75) is 25.3 Å². The molecule has 0 saturated heterocycles. The largest absolute Gasteiger partial charge is 0.328 e. The maximum Gasteiger partial charge on any atom is 0.226 e. The van der Waals surface area contributed by atoms with Crippen LogP contribution >= 0.6 is 23.2 Å². The maximum atomic E-state index is 12.8. The summed E-state index contributed by atoms with van der Waals surface area (Å²) < 4.78 is 1.72. The second-order valence-electron chi connectivity index (χ2n) is 6.78. The molecule has 1 N–H and O–H groups in total. The number of anilines is 1. The van der Waals surface area contributed by atoms with Crippen molar-refractivity contribution in [3.8, 4) is 11.4 Å². The number of benzene rings is 1. The topological polar surface area (TPSA) is 72.7 Å². The van der Waals surface area contributed by atoms with E-state index in [9.17, 15) is 4.79 Å². The lowest BCUT2D eigenvalue weighted by atomic mass is 9.85. The van der Waals surface area contributed by atoms with Gasteiger partial charge in [-0.25, -0.2) is 4.68 Å². The lowest BCUT2D eigenvalue weighted by molar-refractivity contribution is -0.116. The van der Waals surface area contributed by atoms with Crippen LogP contribution in [0.15, 0.2) is 54.0 Å². The van der Waals surface area contributed by atoms with E-state index in [1.165, 1.54) is 0 Å². The molecule has 0 spiro atoms. The molecule has 28 heavy (non-hydrogen) atoms. The predicted molar refractivity (Wildman–Crippen MR) is 107 cm³/mol. The molecule has 0 bridgehead atoms. The van der Waals surface area contributed by atoms with Gasteiger partial charge in [-0.1, -0.05) is 35.3 Å². The van der Waals surface area contributed by atoms with E-state index < -0.39 is 6.04 Å². The summed E-state index contributed by atoms with van der Waals surface area (Å²) in [5.74, 6) is 1.21. The Labute approximate surface area is 171 Å². The Hall–Kier alpha value is -2.70. The lowest BCUT2D eigenvalue weighted by Crippen LogP contribution is -2.31. The van der Waals surface area contributed by atoms with E-state index in [0.29, 0.717) is 33.8 Å². The highest BCUT2D eigenvalue weighted by atomic mass is 35.5. The van der Waals surface area contributed by atoms with Crippen molar-refractivity contribution in [1.82, 2.24) is 19.7 Å². The van der Waals surface area contributed by atoms with Crippen LogP contribution in [-0.4, -0.2) is 25.5 Å². The molecule has 0 fully saturated rings. The molecular weight excluding hydrogens is 397 g/mol. The fraction of sp³-hybridized carbons (Fsp3) is 0.200. The average Bonchev–Trinajstić information content (AvgIpc) is 3.13. The van der Waals surface area contributed by atoms with E-state index in [4.69, 9.17) is 28.3 Å². The summed E-state index contributed by atoms with van der Waals surface area (Å²) in [5, 5.41) is 8.86. The van der Waals surface area contributed by atoms with E-state index in [0.717, 1.165) is 29.7 Å². The zero-order valence-corrected chi connectivity index (χ0v) is 16.2. The summed E-state index contributed by atoms with van der Waals surface area (Å²) in [5.41, 5.74) is 3.11. The van der Waals surface area contributed by atoms with E-state index in [-0.39, 0.29) is 5.78 Å². The van der Waals surface area contributed by atoms with Crippen molar-refractivity contribution in [2.75, 3.05) is 5.32 Å². The Morgan fingerprint density at radius 3 is 2.86 bits per heavy atom. The summed E-state index contributed by atoms with van der Waals surface area (Å²) in [4.78, 5) is 21.6. The van der Waals surface area contributed by atoms with Crippen molar-refractivity contribution in [3.05, 3.63) is 69.6 Å². The Morgan fingerprint density at radius 1 is 1.14 bits per heavy atom. The SMILES string of the molecule is O=C1CCCC2=C1C(c1cccc(Cl)c1Cl)n1nc(-c3cccnc3)nc1N2. The molecule has 1 aliphatic heterocycles. The standard InChI is InChI=1S/C20H15Cl2N5O/c21-13-6-1-5-12(17(13)22)18-16-14(7-2-8-15(16)28)24-20-25-19(26-27(18)20)11-4-3-9-23-10-11/h1,3-6,9-10,18H,2,7-8H2,(H,24,25,26). The Kier molecular flexibility index (Phi) is 4.18. The number of rotatable bonds is 2. The number of hydrogen-bond acceptors (Lipinski definition) is 5. The van der Waals surface area contributed by atoms with Crippen LogP contribution in [0.4, 0.5) is 5.95 Å². The molecule has 8 heteroatoms. The van der Waals surface area contributed by atoms with Gasteiger partial charge in [-0.05, 0) is 31.0 Å². The Balaban J connectivity index is 1.73. The molecule has 0 radical (unpaired) electrons. The highest BCUT2D eigenvalue weighted by molar-refractivity contribution is 6.42. The van der Waals surface area contributed by atoms with Crippen molar-refractivity contribution in [1.29, 1.82) is 0 Å². The first-order valence-electron chi connectivity index (χ1n) is 8.97. The van der Waals surface area contributed by atoms with Gasteiger partial charge in [0.05, 0.1) is 10.0 Å². The quantitative estimate of drug-likeness (QED) is 0.663. The number of fused-ring (bicyclic) bond motifs is 1. The van der Waals surface area contributed by atoms with E-state index in [1.54, 1.807) is 23.1 Å². The molecule has 6 nitrogen and oxygen atoms in total. The number of hydrogen-bond donors (Lipinski definition) is 1. The molecule has 0 amide bonds. The highest BCUT2D eigenvalue weighted by Crippen LogP contribution is 2.43. The Morgan fingerprint density at radius 2 is 2.04 bits per heavy atom. The summed E-state index contributed by atoms with van der Waals surface area (Å²) >= 11 is 12.8. The predicted octanol–water partition coefficient (Wildman–Crippen LogP) is 4.67. The van der Waals surface area contributed by atoms with E-state index in [2.05, 4.69) is 15.3 Å².